The first-order valence-corrected chi connectivity index (χ1v) is 18.2. The third-order valence-corrected chi connectivity index (χ3v) is 9.60. The molecule has 8 rings (SSSR count). The maximum atomic E-state index is 6.27. The topological polar surface area (TPSA) is 88.5 Å². The molecule has 1 saturated carbocycles. The van der Waals surface area contributed by atoms with Crippen LogP contribution in [0.25, 0.3) is 0 Å². The van der Waals surface area contributed by atoms with Crippen molar-refractivity contribution in [3.63, 3.8) is 0 Å². The molecule has 2 heterocycles. The molecule has 5 aromatic carbocycles. The van der Waals surface area contributed by atoms with E-state index < -0.39 is 0 Å². The lowest BCUT2D eigenvalue weighted by Gasteiger charge is -2.44. The molecule has 0 N–H and O–H groups in total. The summed E-state index contributed by atoms with van der Waals surface area (Å²) in [5.74, 6) is 1.06. The van der Waals surface area contributed by atoms with Crippen molar-refractivity contribution in [1.82, 2.24) is 19.9 Å². The summed E-state index contributed by atoms with van der Waals surface area (Å²) >= 11 is 0. The number of nitrogens with zero attached hydrogens (tertiary/aromatic N) is 4. The van der Waals surface area contributed by atoms with Gasteiger partial charge in [-0.25, -0.2) is 0 Å². The fourth-order valence-electron chi connectivity index (χ4n) is 6.81. The molecule has 2 atom stereocenters. The van der Waals surface area contributed by atoms with Crippen molar-refractivity contribution in [2.45, 2.75) is 50.6 Å². The van der Waals surface area contributed by atoms with Crippen LogP contribution in [-0.2, 0) is 26.4 Å². The molecule has 0 bridgehead atoms. The normalized spacial score (nSPS) is 16.2. The first kappa shape index (κ1) is 34.5. The molecule has 0 spiro atoms. The van der Waals surface area contributed by atoms with E-state index in [1.54, 1.807) is 0 Å². The van der Waals surface area contributed by atoms with Gasteiger partial charge >= 0.3 is 12.0 Å². The number of hydrogen-bond acceptors (Lipinski definition) is 8. The van der Waals surface area contributed by atoms with Gasteiger partial charge in [-0.15, -0.1) is 0 Å². The van der Waals surface area contributed by atoms with Crippen molar-refractivity contribution in [3.05, 3.63) is 203 Å². The van der Waals surface area contributed by atoms with Crippen LogP contribution in [0, 0.1) is 0 Å². The molecule has 54 heavy (non-hydrogen) atoms. The minimum Gasteiger partial charge on any atom is -0.473 e. The van der Waals surface area contributed by atoms with E-state index in [4.69, 9.17) is 28.9 Å². The molecule has 8 nitrogen and oxygen atoms in total. The highest BCUT2D eigenvalue weighted by Gasteiger charge is 2.46. The zero-order valence-corrected chi connectivity index (χ0v) is 29.8. The van der Waals surface area contributed by atoms with Gasteiger partial charge in [0.05, 0.1) is 11.4 Å². The Kier molecular flexibility index (Phi) is 10.8. The molecule has 268 valence electrons. The molecule has 1 aliphatic carbocycles. The molecule has 2 aromatic heterocycles. The van der Waals surface area contributed by atoms with E-state index in [2.05, 4.69) is 34.2 Å². The van der Waals surface area contributed by atoms with Gasteiger partial charge in [-0.3, -0.25) is 0 Å². The lowest BCUT2D eigenvalue weighted by atomic mass is 9.59. The van der Waals surface area contributed by atoms with E-state index in [-0.39, 0.29) is 29.8 Å². The van der Waals surface area contributed by atoms with Crippen LogP contribution in [0.1, 0.15) is 63.4 Å². The summed E-state index contributed by atoms with van der Waals surface area (Å²) in [6, 6.07) is 55.2. The lowest BCUT2D eigenvalue weighted by Crippen LogP contribution is -2.33. The minimum absolute atomic E-state index is 0.0379. The van der Waals surface area contributed by atoms with E-state index in [9.17, 15) is 0 Å². The first-order valence-electron chi connectivity index (χ1n) is 18.2. The summed E-state index contributed by atoms with van der Waals surface area (Å²) < 4.78 is 24.9. The number of benzene rings is 5. The highest BCUT2D eigenvalue weighted by Crippen LogP contribution is 2.58. The molecule has 7 aromatic rings. The second kappa shape index (κ2) is 16.9. The molecule has 0 radical (unpaired) electrons. The second-order valence-electron chi connectivity index (χ2n) is 13.3. The van der Waals surface area contributed by atoms with Crippen LogP contribution in [0.4, 0.5) is 0 Å². The highest BCUT2D eigenvalue weighted by molar-refractivity contribution is 5.39. The molecule has 0 amide bonds. The number of rotatable bonds is 15. The van der Waals surface area contributed by atoms with Crippen molar-refractivity contribution < 1.29 is 18.9 Å². The molecule has 8 heteroatoms. The predicted molar refractivity (Wildman–Crippen MR) is 206 cm³/mol. The van der Waals surface area contributed by atoms with Crippen molar-refractivity contribution in [2.75, 3.05) is 0 Å². The number of aromatic nitrogens is 4. The summed E-state index contributed by atoms with van der Waals surface area (Å²) in [6.45, 7) is 1.44. The Bertz CT molecular complexity index is 1960. The average Bonchev–Trinajstić information content (AvgIpc) is 3.22. The third kappa shape index (κ3) is 8.73. The van der Waals surface area contributed by atoms with Gasteiger partial charge in [-0.05, 0) is 34.2 Å². The van der Waals surface area contributed by atoms with Gasteiger partial charge in [0.25, 0.3) is 0 Å². The predicted octanol–water partition coefficient (Wildman–Crippen LogP) is 9.64. The maximum absolute atomic E-state index is 6.27. The molecule has 0 saturated heterocycles. The Labute approximate surface area is 315 Å². The van der Waals surface area contributed by atoms with Gasteiger partial charge < -0.3 is 18.9 Å². The largest absolute Gasteiger partial charge is 0.473 e. The van der Waals surface area contributed by atoms with Crippen LogP contribution < -0.4 is 18.9 Å². The van der Waals surface area contributed by atoms with Crippen molar-refractivity contribution >= 4 is 0 Å². The van der Waals surface area contributed by atoms with E-state index in [0.29, 0.717) is 38.2 Å². The summed E-state index contributed by atoms with van der Waals surface area (Å²) in [6.07, 6.45) is 0.778. The Hall–Kier alpha value is -6.54. The zero-order valence-electron chi connectivity index (χ0n) is 29.8. The molecule has 1 aliphatic rings. The smallest absolute Gasteiger partial charge is 0.320 e. The number of ether oxygens (including phenoxy) is 4. The monoisotopic (exact) mass is 712 g/mol. The van der Waals surface area contributed by atoms with Crippen LogP contribution in [-0.4, -0.2) is 19.9 Å². The summed E-state index contributed by atoms with van der Waals surface area (Å²) in [4.78, 5) is 19.4. The average molecular weight is 713 g/mol. The van der Waals surface area contributed by atoms with Crippen LogP contribution in [0.3, 0.4) is 0 Å². The van der Waals surface area contributed by atoms with Crippen LogP contribution in [0.15, 0.2) is 164 Å². The quantitative estimate of drug-likeness (QED) is 0.104. The van der Waals surface area contributed by atoms with Gasteiger partial charge in [0.1, 0.15) is 26.4 Å². The maximum Gasteiger partial charge on any atom is 0.320 e. The summed E-state index contributed by atoms with van der Waals surface area (Å²) in [5.41, 5.74) is 7.07. The third-order valence-electron chi connectivity index (χ3n) is 9.60. The van der Waals surface area contributed by atoms with Gasteiger partial charge in [-0.1, -0.05) is 152 Å². The fraction of sp³-hybridized carbons (Fsp3) is 0.174. The van der Waals surface area contributed by atoms with E-state index >= 15 is 0 Å². The van der Waals surface area contributed by atoms with Crippen molar-refractivity contribution in [3.8, 4) is 23.8 Å². The number of hydrogen-bond donors (Lipinski definition) is 0. The molecule has 0 aliphatic heterocycles. The molecule has 2 unspecified atom stereocenters. The van der Waals surface area contributed by atoms with Crippen LogP contribution in [0.2, 0.25) is 0 Å². The Morgan fingerprint density at radius 2 is 0.722 bits per heavy atom. The first-order chi connectivity index (χ1) is 26.7. The van der Waals surface area contributed by atoms with Crippen LogP contribution >= 0.6 is 0 Å². The standard InChI is InChI=1S/C46H40N4O4/c1-6-16-33(17-7-1)29-51-42-27-40(47-45(49-42)53-31-35-20-10-3-11-21-35)38-26-39(44(38)37-24-14-5-15-25-37)41-28-43(52-30-34-18-8-2-9-19-34)50-46(48-41)54-32-36-22-12-4-13-23-36/h1-25,27-28,38-39,44H,26,29-32H2. The van der Waals surface area contributed by atoms with Gasteiger partial charge in [-0.2, -0.15) is 19.9 Å². The Morgan fingerprint density at radius 3 is 1.09 bits per heavy atom. The highest BCUT2D eigenvalue weighted by atomic mass is 16.5. The fourth-order valence-corrected chi connectivity index (χ4v) is 6.81. The SMILES string of the molecule is c1ccc(COc2cc(C3CC(c4cc(OCc5ccccc5)nc(OCc5ccccc5)n4)C3c3ccccc3)nc(OCc3ccccc3)n2)cc1. The minimum atomic E-state index is 0.0379. The lowest BCUT2D eigenvalue weighted by molar-refractivity contribution is 0.235. The zero-order chi connectivity index (χ0) is 36.4. The second-order valence-corrected chi connectivity index (χ2v) is 13.3. The van der Waals surface area contributed by atoms with Crippen LogP contribution in [0.5, 0.6) is 23.8 Å². The van der Waals surface area contributed by atoms with E-state index in [1.165, 1.54) is 5.56 Å². The Morgan fingerprint density at radius 1 is 0.389 bits per heavy atom. The van der Waals surface area contributed by atoms with Gasteiger partial charge in [0.15, 0.2) is 0 Å². The summed E-state index contributed by atoms with van der Waals surface area (Å²) in [5, 5.41) is 0. The molecule has 1 fully saturated rings. The Balaban J connectivity index is 1.11. The van der Waals surface area contributed by atoms with Crippen molar-refractivity contribution in [2.24, 2.45) is 0 Å². The van der Waals surface area contributed by atoms with Crippen molar-refractivity contribution in [1.29, 1.82) is 0 Å². The van der Waals surface area contributed by atoms with Gasteiger partial charge in [0.2, 0.25) is 11.8 Å². The van der Waals surface area contributed by atoms with E-state index in [1.807, 2.05) is 140 Å². The van der Waals surface area contributed by atoms with E-state index in [0.717, 1.165) is 40.1 Å². The molecular weight excluding hydrogens is 673 g/mol. The van der Waals surface area contributed by atoms with Gasteiger partial charge in [0, 0.05) is 29.9 Å². The summed E-state index contributed by atoms with van der Waals surface area (Å²) in [7, 11) is 0. The molecular formula is C46H40N4O4.